The maximum atomic E-state index is 9.91. The first-order valence-corrected chi connectivity index (χ1v) is 6.18. The Labute approximate surface area is 103 Å². The van der Waals surface area contributed by atoms with Gasteiger partial charge in [0.25, 0.3) is 0 Å². The lowest BCUT2D eigenvalue weighted by Gasteiger charge is -2.21. The molecule has 1 aromatic rings. The summed E-state index contributed by atoms with van der Waals surface area (Å²) in [5.41, 5.74) is 2.86. The average Bonchev–Trinajstić information content (AvgIpc) is 3.13. The van der Waals surface area contributed by atoms with Crippen LogP contribution < -0.4 is 5.32 Å². The van der Waals surface area contributed by atoms with Gasteiger partial charge in [-0.25, -0.2) is 0 Å². The Balaban J connectivity index is 2.13. The van der Waals surface area contributed by atoms with Crippen LogP contribution in [0.2, 0.25) is 0 Å². The van der Waals surface area contributed by atoms with Crippen molar-refractivity contribution in [2.75, 3.05) is 19.0 Å². The molecule has 0 heterocycles. The van der Waals surface area contributed by atoms with E-state index in [-0.39, 0.29) is 0 Å². The normalized spacial score (nSPS) is 16.9. The number of aromatic hydroxyl groups is 1. The van der Waals surface area contributed by atoms with Crippen LogP contribution in [-0.4, -0.2) is 24.9 Å². The predicted molar refractivity (Wildman–Crippen MR) is 69.6 cm³/mol. The van der Waals surface area contributed by atoms with Gasteiger partial charge in [-0.1, -0.05) is 6.07 Å². The smallest absolute Gasteiger partial charge is 0.123 e. The van der Waals surface area contributed by atoms with Crippen molar-refractivity contribution >= 4 is 5.69 Å². The minimum Gasteiger partial charge on any atom is -0.507 e. The minimum atomic E-state index is 0.362. The maximum absolute atomic E-state index is 9.91. The minimum absolute atomic E-state index is 0.362. The summed E-state index contributed by atoms with van der Waals surface area (Å²) in [4.78, 5) is 0. The number of hydrogen-bond acceptors (Lipinski definition) is 3. The zero-order valence-electron chi connectivity index (χ0n) is 10.8. The molecule has 2 N–H and O–H groups in total. The van der Waals surface area contributed by atoms with Crippen molar-refractivity contribution in [3.8, 4) is 5.75 Å². The fraction of sp³-hybridized carbons (Fsp3) is 0.571. The van der Waals surface area contributed by atoms with Crippen LogP contribution in [0.5, 0.6) is 5.75 Å². The number of aryl methyl sites for hydroxylation is 1. The van der Waals surface area contributed by atoms with E-state index in [0.717, 1.165) is 29.3 Å². The van der Waals surface area contributed by atoms with E-state index < -0.39 is 0 Å². The van der Waals surface area contributed by atoms with Crippen LogP contribution in [0.4, 0.5) is 5.69 Å². The second kappa shape index (κ2) is 4.96. The molecule has 1 saturated carbocycles. The Bertz CT molecular complexity index is 399. The Hall–Kier alpha value is -1.22. The van der Waals surface area contributed by atoms with Gasteiger partial charge < -0.3 is 15.2 Å². The lowest BCUT2D eigenvalue weighted by molar-refractivity contribution is 0.179. The summed E-state index contributed by atoms with van der Waals surface area (Å²) in [5, 5.41) is 13.4. The van der Waals surface area contributed by atoms with Gasteiger partial charge in [-0.2, -0.15) is 0 Å². The van der Waals surface area contributed by atoms with Crippen molar-refractivity contribution in [3.63, 3.8) is 0 Å². The van der Waals surface area contributed by atoms with E-state index in [9.17, 15) is 5.11 Å². The van der Waals surface area contributed by atoms with Crippen molar-refractivity contribution in [3.05, 3.63) is 23.3 Å². The Morgan fingerprint density at radius 3 is 2.71 bits per heavy atom. The first kappa shape index (κ1) is 12.2. The number of rotatable bonds is 5. The molecule has 1 unspecified atom stereocenters. The largest absolute Gasteiger partial charge is 0.507 e. The number of hydrogen-bond donors (Lipinski definition) is 2. The van der Waals surface area contributed by atoms with E-state index in [2.05, 4.69) is 5.32 Å². The van der Waals surface area contributed by atoms with Crippen LogP contribution in [0.1, 0.15) is 24.0 Å². The summed E-state index contributed by atoms with van der Waals surface area (Å²) in [6.07, 6.45) is 2.55. The standard InChI is InChI=1S/C14H21NO2/c1-9-4-7-12(10(2)14(9)16)15-13(8-17-3)11-5-6-11/h4,7,11,13,15-16H,5-6,8H2,1-3H3. The molecule has 1 atom stereocenters. The van der Waals surface area contributed by atoms with Crippen LogP contribution in [0.15, 0.2) is 12.1 Å². The van der Waals surface area contributed by atoms with Gasteiger partial charge in [-0.15, -0.1) is 0 Å². The number of nitrogens with one attached hydrogen (secondary N) is 1. The SMILES string of the molecule is COCC(Nc1ccc(C)c(O)c1C)C1CC1. The quantitative estimate of drug-likeness (QED) is 0.824. The van der Waals surface area contributed by atoms with Crippen LogP contribution in [0.25, 0.3) is 0 Å². The number of phenolic OH excluding ortho intramolecular Hbond substituents is 1. The molecule has 0 saturated heterocycles. The van der Waals surface area contributed by atoms with Crippen LogP contribution in [0, 0.1) is 19.8 Å². The summed E-state index contributed by atoms with van der Waals surface area (Å²) in [7, 11) is 1.73. The Morgan fingerprint density at radius 2 is 2.12 bits per heavy atom. The highest BCUT2D eigenvalue weighted by atomic mass is 16.5. The second-order valence-corrected chi connectivity index (χ2v) is 4.95. The predicted octanol–water partition coefficient (Wildman–Crippen LogP) is 2.85. The number of benzene rings is 1. The molecule has 0 aromatic heterocycles. The average molecular weight is 235 g/mol. The van der Waals surface area contributed by atoms with Gasteiger partial charge >= 0.3 is 0 Å². The zero-order valence-corrected chi connectivity index (χ0v) is 10.8. The van der Waals surface area contributed by atoms with Crippen molar-refractivity contribution < 1.29 is 9.84 Å². The highest BCUT2D eigenvalue weighted by Gasteiger charge is 2.31. The number of ether oxygens (including phenoxy) is 1. The van der Waals surface area contributed by atoms with Gasteiger partial charge in [0.15, 0.2) is 0 Å². The molecule has 94 valence electrons. The highest BCUT2D eigenvalue weighted by molar-refractivity contribution is 5.59. The number of anilines is 1. The third kappa shape index (κ3) is 2.72. The zero-order chi connectivity index (χ0) is 12.4. The number of phenols is 1. The third-order valence-corrected chi connectivity index (χ3v) is 3.51. The summed E-state index contributed by atoms with van der Waals surface area (Å²) < 4.78 is 5.25. The second-order valence-electron chi connectivity index (χ2n) is 4.95. The Kier molecular flexibility index (Phi) is 3.57. The fourth-order valence-electron chi connectivity index (χ4n) is 2.17. The van der Waals surface area contributed by atoms with Gasteiger partial charge in [0.05, 0.1) is 12.6 Å². The van der Waals surface area contributed by atoms with Gasteiger partial charge in [-0.05, 0) is 44.2 Å². The molecule has 0 aliphatic heterocycles. The van der Waals surface area contributed by atoms with Crippen molar-refractivity contribution in [2.24, 2.45) is 5.92 Å². The van der Waals surface area contributed by atoms with E-state index in [0.29, 0.717) is 11.8 Å². The van der Waals surface area contributed by atoms with Gasteiger partial charge in [0.1, 0.15) is 5.75 Å². The van der Waals surface area contributed by atoms with E-state index in [1.165, 1.54) is 12.8 Å². The first-order chi connectivity index (χ1) is 8.13. The van der Waals surface area contributed by atoms with Gasteiger partial charge in [0, 0.05) is 18.4 Å². The van der Waals surface area contributed by atoms with Crippen LogP contribution in [0.3, 0.4) is 0 Å². The Morgan fingerprint density at radius 1 is 1.41 bits per heavy atom. The number of methoxy groups -OCH3 is 1. The van der Waals surface area contributed by atoms with Crippen LogP contribution in [-0.2, 0) is 4.74 Å². The summed E-state index contributed by atoms with van der Waals surface area (Å²) in [6.45, 7) is 4.58. The molecule has 0 spiro atoms. The van der Waals surface area contributed by atoms with Crippen molar-refractivity contribution in [2.45, 2.75) is 32.7 Å². The summed E-state index contributed by atoms with van der Waals surface area (Å²) in [5.74, 6) is 1.11. The van der Waals surface area contributed by atoms with E-state index in [1.807, 2.05) is 26.0 Å². The molecule has 17 heavy (non-hydrogen) atoms. The molecular weight excluding hydrogens is 214 g/mol. The molecule has 0 bridgehead atoms. The molecule has 1 aliphatic carbocycles. The first-order valence-electron chi connectivity index (χ1n) is 6.18. The molecule has 1 aromatic carbocycles. The van der Waals surface area contributed by atoms with Crippen molar-refractivity contribution in [1.82, 2.24) is 0 Å². The molecular formula is C14H21NO2. The lowest BCUT2D eigenvalue weighted by Crippen LogP contribution is -2.27. The van der Waals surface area contributed by atoms with Gasteiger partial charge in [0.2, 0.25) is 0 Å². The lowest BCUT2D eigenvalue weighted by atomic mass is 10.1. The van der Waals surface area contributed by atoms with Crippen LogP contribution >= 0.6 is 0 Å². The monoisotopic (exact) mass is 235 g/mol. The van der Waals surface area contributed by atoms with E-state index in [4.69, 9.17) is 4.74 Å². The van der Waals surface area contributed by atoms with Crippen molar-refractivity contribution in [1.29, 1.82) is 0 Å². The molecule has 2 rings (SSSR count). The molecule has 0 amide bonds. The molecule has 1 fully saturated rings. The van der Waals surface area contributed by atoms with E-state index >= 15 is 0 Å². The topological polar surface area (TPSA) is 41.5 Å². The molecule has 3 nitrogen and oxygen atoms in total. The fourth-order valence-corrected chi connectivity index (χ4v) is 2.17. The molecule has 1 aliphatic rings. The third-order valence-electron chi connectivity index (χ3n) is 3.51. The van der Waals surface area contributed by atoms with Gasteiger partial charge in [-0.3, -0.25) is 0 Å². The summed E-state index contributed by atoms with van der Waals surface area (Å²) in [6, 6.07) is 4.34. The summed E-state index contributed by atoms with van der Waals surface area (Å²) >= 11 is 0. The molecule has 3 heteroatoms. The molecule has 0 radical (unpaired) electrons. The maximum Gasteiger partial charge on any atom is 0.123 e. The highest BCUT2D eigenvalue weighted by Crippen LogP contribution is 2.36. The van der Waals surface area contributed by atoms with E-state index in [1.54, 1.807) is 7.11 Å².